The standard InChI is InChI=1S/C22H35N5O2.HI/c1-3-4-10-24-21(28)19-7-5-18(6-8-19)16-25-22(23-2)27-11-9-20(17-27)26-12-14-29-15-13-26;/h5-8,20H,3-4,9-17H2,1-2H3,(H,23,25)(H,24,28);1H. The predicted molar refractivity (Wildman–Crippen MR) is 132 cm³/mol. The second-order valence-corrected chi connectivity index (χ2v) is 7.74. The highest BCUT2D eigenvalue weighted by Crippen LogP contribution is 2.17. The molecule has 1 atom stereocenters. The van der Waals surface area contributed by atoms with Gasteiger partial charge < -0.3 is 20.3 Å². The molecule has 2 aliphatic rings. The van der Waals surface area contributed by atoms with E-state index in [0.29, 0.717) is 18.2 Å². The molecule has 2 saturated heterocycles. The molecule has 30 heavy (non-hydrogen) atoms. The number of likely N-dealkylation sites (tertiary alicyclic amines) is 1. The molecule has 0 bridgehead atoms. The highest BCUT2D eigenvalue weighted by Gasteiger charge is 2.30. The minimum Gasteiger partial charge on any atom is -0.379 e. The molecule has 7 nitrogen and oxygen atoms in total. The average Bonchev–Trinajstić information content (AvgIpc) is 3.25. The van der Waals surface area contributed by atoms with Gasteiger partial charge in [0.05, 0.1) is 13.2 Å². The molecule has 1 aromatic rings. The molecule has 0 aliphatic carbocycles. The number of rotatable bonds is 7. The summed E-state index contributed by atoms with van der Waals surface area (Å²) in [5.41, 5.74) is 1.85. The number of halogens is 1. The van der Waals surface area contributed by atoms with Crippen molar-refractivity contribution >= 4 is 35.8 Å². The highest BCUT2D eigenvalue weighted by molar-refractivity contribution is 14.0. The zero-order valence-corrected chi connectivity index (χ0v) is 20.6. The van der Waals surface area contributed by atoms with Crippen LogP contribution in [0.2, 0.25) is 0 Å². The van der Waals surface area contributed by atoms with Crippen LogP contribution >= 0.6 is 24.0 Å². The molecule has 3 rings (SSSR count). The van der Waals surface area contributed by atoms with Crippen molar-refractivity contribution in [3.63, 3.8) is 0 Å². The Balaban J connectivity index is 0.00000320. The number of unbranched alkanes of at least 4 members (excludes halogenated alkanes) is 1. The molecule has 1 unspecified atom stereocenters. The maximum absolute atomic E-state index is 12.1. The van der Waals surface area contributed by atoms with E-state index in [1.165, 1.54) is 6.42 Å². The van der Waals surface area contributed by atoms with Crippen LogP contribution in [0.15, 0.2) is 29.3 Å². The van der Waals surface area contributed by atoms with Crippen LogP contribution in [0.4, 0.5) is 0 Å². The summed E-state index contributed by atoms with van der Waals surface area (Å²) < 4.78 is 5.47. The summed E-state index contributed by atoms with van der Waals surface area (Å²) in [6, 6.07) is 8.39. The number of carbonyl (C=O) groups is 1. The molecule has 1 amide bonds. The van der Waals surface area contributed by atoms with E-state index in [2.05, 4.69) is 32.3 Å². The lowest BCUT2D eigenvalue weighted by molar-refractivity contribution is 0.0195. The number of nitrogens with zero attached hydrogens (tertiary/aromatic N) is 3. The quantitative estimate of drug-likeness (QED) is 0.246. The number of amides is 1. The lowest BCUT2D eigenvalue weighted by atomic mass is 10.1. The van der Waals surface area contributed by atoms with Crippen molar-refractivity contribution in [2.24, 2.45) is 4.99 Å². The van der Waals surface area contributed by atoms with Gasteiger partial charge in [-0.3, -0.25) is 14.7 Å². The van der Waals surface area contributed by atoms with E-state index < -0.39 is 0 Å². The minimum atomic E-state index is -0.00000912. The summed E-state index contributed by atoms with van der Waals surface area (Å²) in [4.78, 5) is 21.5. The minimum absolute atomic E-state index is 0. The van der Waals surface area contributed by atoms with Gasteiger partial charge in [0.1, 0.15) is 0 Å². The number of morpholine rings is 1. The summed E-state index contributed by atoms with van der Waals surface area (Å²) in [5.74, 6) is 0.946. The normalized spacial score (nSPS) is 20.0. The maximum Gasteiger partial charge on any atom is 0.251 e. The first-order valence-electron chi connectivity index (χ1n) is 10.9. The van der Waals surface area contributed by atoms with E-state index in [-0.39, 0.29) is 29.9 Å². The van der Waals surface area contributed by atoms with Gasteiger partial charge in [-0.15, -0.1) is 24.0 Å². The fraction of sp³-hybridized carbons (Fsp3) is 0.636. The van der Waals surface area contributed by atoms with Gasteiger partial charge in [-0.05, 0) is 30.5 Å². The average molecular weight is 529 g/mol. The first-order chi connectivity index (χ1) is 14.2. The van der Waals surface area contributed by atoms with E-state index in [1.54, 1.807) is 0 Å². The molecule has 0 spiro atoms. The van der Waals surface area contributed by atoms with E-state index in [0.717, 1.165) is 70.3 Å². The van der Waals surface area contributed by atoms with Gasteiger partial charge >= 0.3 is 0 Å². The number of hydrogen-bond donors (Lipinski definition) is 2. The molecule has 0 radical (unpaired) electrons. The van der Waals surface area contributed by atoms with E-state index >= 15 is 0 Å². The smallest absolute Gasteiger partial charge is 0.251 e. The Morgan fingerprint density at radius 3 is 2.57 bits per heavy atom. The van der Waals surface area contributed by atoms with Crippen molar-refractivity contribution in [1.29, 1.82) is 0 Å². The molecule has 0 saturated carbocycles. The van der Waals surface area contributed by atoms with Crippen molar-refractivity contribution in [3.05, 3.63) is 35.4 Å². The van der Waals surface area contributed by atoms with Crippen LogP contribution < -0.4 is 10.6 Å². The Hall–Kier alpha value is -1.39. The van der Waals surface area contributed by atoms with E-state index in [1.807, 2.05) is 31.3 Å². The SMILES string of the molecule is CCCCNC(=O)c1ccc(CNC(=NC)N2CCC(N3CCOCC3)C2)cc1.I. The summed E-state index contributed by atoms with van der Waals surface area (Å²) >= 11 is 0. The molecule has 2 aliphatic heterocycles. The molecule has 168 valence electrons. The van der Waals surface area contributed by atoms with Crippen molar-refractivity contribution in [2.75, 3.05) is 53.0 Å². The highest BCUT2D eigenvalue weighted by atomic mass is 127. The number of guanidine groups is 1. The van der Waals surface area contributed by atoms with Crippen LogP contribution in [-0.4, -0.2) is 80.7 Å². The number of aliphatic imine (C=N–C) groups is 1. The van der Waals surface area contributed by atoms with Crippen LogP contribution in [0, 0.1) is 0 Å². The zero-order chi connectivity index (χ0) is 20.5. The van der Waals surface area contributed by atoms with Crippen molar-refractivity contribution in [1.82, 2.24) is 20.4 Å². The molecule has 0 aromatic heterocycles. The third kappa shape index (κ3) is 7.09. The van der Waals surface area contributed by atoms with Gasteiger partial charge in [-0.2, -0.15) is 0 Å². The lowest BCUT2D eigenvalue weighted by Crippen LogP contribution is -2.46. The summed E-state index contributed by atoms with van der Waals surface area (Å²) in [5, 5.41) is 6.43. The van der Waals surface area contributed by atoms with Gasteiger partial charge in [0.2, 0.25) is 0 Å². The van der Waals surface area contributed by atoms with Crippen molar-refractivity contribution < 1.29 is 9.53 Å². The van der Waals surface area contributed by atoms with E-state index in [9.17, 15) is 4.79 Å². The Bertz CT molecular complexity index is 677. The molecule has 2 N–H and O–H groups in total. The first-order valence-corrected chi connectivity index (χ1v) is 10.9. The number of nitrogens with one attached hydrogen (secondary N) is 2. The van der Waals surface area contributed by atoms with Gasteiger partial charge in [0.15, 0.2) is 5.96 Å². The van der Waals surface area contributed by atoms with Crippen LogP contribution in [0.3, 0.4) is 0 Å². The summed E-state index contributed by atoms with van der Waals surface area (Å²) in [7, 11) is 1.84. The number of hydrogen-bond acceptors (Lipinski definition) is 4. The Morgan fingerprint density at radius 2 is 1.90 bits per heavy atom. The van der Waals surface area contributed by atoms with Gasteiger partial charge in [-0.1, -0.05) is 25.5 Å². The molecule has 1 aromatic carbocycles. The van der Waals surface area contributed by atoms with Crippen LogP contribution in [-0.2, 0) is 11.3 Å². The first kappa shape index (κ1) is 24.9. The van der Waals surface area contributed by atoms with Gasteiger partial charge in [0.25, 0.3) is 5.91 Å². The molecule has 2 heterocycles. The number of benzene rings is 1. The third-order valence-electron chi connectivity index (χ3n) is 5.72. The summed E-state index contributed by atoms with van der Waals surface area (Å²) in [6.45, 7) is 9.33. The Labute approximate surface area is 197 Å². The topological polar surface area (TPSA) is 69.2 Å². The maximum atomic E-state index is 12.1. The second-order valence-electron chi connectivity index (χ2n) is 7.74. The largest absolute Gasteiger partial charge is 0.379 e. The van der Waals surface area contributed by atoms with Crippen LogP contribution in [0.1, 0.15) is 42.1 Å². The lowest BCUT2D eigenvalue weighted by Gasteiger charge is -2.32. The monoisotopic (exact) mass is 529 g/mol. The van der Waals surface area contributed by atoms with Crippen molar-refractivity contribution in [3.8, 4) is 0 Å². The molecule has 8 heteroatoms. The van der Waals surface area contributed by atoms with Crippen LogP contribution in [0.5, 0.6) is 0 Å². The van der Waals surface area contributed by atoms with Gasteiger partial charge in [-0.25, -0.2) is 0 Å². The predicted octanol–water partition coefficient (Wildman–Crippen LogP) is 2.32. The van der Waals surface area contributed by atoms with Crippen LogP contribution in [0.25, 0.3) is 0 Å². The fourth-order valence-corrected chi connectivity index (χ4v) is 3.94. The molecular weight excluding hydrogens is 493 g/mol. The Morgan fingerprint density at radius 1 is 1.17 bits per heavy atom. The summed E-state index contributed by atoms with van der Waals surface area (Å²) in [6.07, 6.45) is 3.26. The number of ether oxygens (including phenoxy) is 1. The zero-order valence-electron chi connectivity index (χ0n) is 18.2. The van der Waals surface area contributed by atoms with Gasteiger partial charge in [0, 0.05) is 57.9 Å². The molecular formula is C22H36IN5O2. The van der Waals surface area contributed by atoms with E-state index in [4.69, 9.17) is 4.74 Å². The second kappa shape index (κ2) is 13.1. The van der Waals surface area contributed by atoms with Crippen molar-refractivity contribution in [2.45, 2.75) is 38.8 Å². The molecule has 2 fully saturated rings. The third-order valence-corrected chi connectivity index (χ3v) is 5.72. The fourth-order valence-electron chi connectivity index (χ4n) is 3.94. The Kier molecular flexibility index (Phi) is 10.9. The number of carbonyl (C=O) groups excluding carboxylic acids is 1.